The molecule has 0 saturated carbocycles. The third-order valence-corrected chi connectivity index (χ3v) is 14.0. The van der Waals surface area contributed by atoms with Crippen LogP contribution in [-0.4, -0.2) is 14.1 Å². The van der Waals surface area contributed by atoms with E-state index in [0.717, 1.165) is 89.3 Å². The molecule has 3 aromatic heterocycles. The number of pyridine rings is 1. The fraction of sp³-hybridized carbons (Fsp3) is 0.104. The maximum absolute atomic E-state index is 6.89. The monoisotopic (exact) mass is 930 g/mol. The third-order valence-electron chi connectivity index (χ3n) is 14.0. The number of rotatable bonds is 10. The van der Waals surface area contributed by atoms with Gasteiger partial charge in [0.15, 0.2) is 0 Å². The van der Waals surface area contributed by atoms with Crippen LogP contribution in [0.2, 0.25) is 0 Å². The van der Waals surface area contributed by atoms with E-state index in [1.807, 2.05) is 6.07 Å². The Labute approximate surface area is 421 Å². The lowest BCUT2D eigenvalue weighted by molar-refractivity contribution is -0.571. The number of aromatic nitrogens is 4. The second kappa shape index (κ2) is 18.2. The Morgan fingerprint density at radius 1 is 0.486 bits per heavy atom. The Morgan fingerprint density at radius 3 is 1.78 bits per heavy atom. The van der Waals surface area contributed by atoms with Gasteiger partial charge in [0.05, 0.1) is 33.4 Å². The first-order valence-corrected chi connectivity index (χ1v) is 24.9. The number of imidazole rings is 1. The van der Waals surface area contributed by atoms with E-state index in [1.165, 1.54) is 27.8 Å². The molecule has 0 aliphatic rings. The average Bonchev–Trinajstić information content (AvgIpc) is 3.96. The first-order chi connectivity index (χ1) is 35.2. The zero-order valence-corrected chi connectivity index (χ0v) is 41.2. The molecule has 0 bridgehead atoms. The van der Waals surface area contributed by atoms with Gasteiger partial charge in [-0.25, -0.2) is 4.98 Å². The number of hydrogen-bond acceptors (Lipinski definition) is 2. The van der Waals surface area contributed by atoms with Crippen LogP contribution >= 0.6 is 0 Å². The van der Waals surface area contributed by atoms with E-state index >= 15 is 0 Å². The second-order valence-electron chi connectivity index (χ2n) is 20.0. The first-order valence-electron chi connectivity index (χ1n) is 24.9. The Hall–Kier alpha value is -8.80. The Kier molecular flexibility index (Phi) is 11.2. The average molecular weight is 931 g/mol. The molecular weight excluding hydrogens is 877 g/mol. The van der Waals surface area contributed by atoms with E-state index < -0.39 is 0 Å². The van der Waals surface area contributed by atoms with Crippen molar-refractivity contribution in [2.24, 2.45) is 0 Å². The topological polar surface area (TPSA) is 35.9 Å². The summed E-state index contributed by atoms with van der Waals surface area (Å²) < 4.78 is 13.6. The summed E-state index contributed by atoms with van der Waals surface area (Å²) in [4.78, 5) is 5.26. The lowest BCUT2D eigenvalue weighted by atomic mass is 9.85. The van der Waals surface area contributed by atoms with Gasteiger partial charge in [0.2, 0.25) is 0 Å². The molecule has 5 nitrogen and oxygen atoms in total. The molecule has 0 amide bonds. The fourth-order valence-corrected chi connectivity index (χ4v) is 10.3. The molecule has 0 N–H and O–H groups in total. The van der Waals surface area contributed by atoms with Crippen molar-refractivity contribution in [3.63, 3.8) is 0 Å². The largest absolute Gasteiger partial charge is 0.458 e. The van der Waals surface area contributed by atoms with E-state index in [-0.39, 0.29) is 11.3 Å². The molecule has 0 aliphatic heterocycles. The zero-order chi connectivity index (χ0) is 48.9. The first kappa shape index (κ1) is 44.4. The predicted octanol–water partition coefficient (Wildman–Crippen LogP) is 17.1. The smallest absolute Gasteiger partial charge is 0.269 e. The lowest BCUT2D eigenvalue weighted by Gasteiger charge is -2.20. The minimum Gasteiger partial charge on any atom is -0.458 e. The molecule has 0 spiro atoms. The van der Waals surface area contributed by atoms with Crippen molar-refractivity contribution in [1.82, 2.24) is 14.1 Å². The van der Waals surface area contributed by atoms with Gasteiger partial charge in [0.1, 0.15) is 17.3 Å². The summed E-state index contributed by atoms with van der Waals surface area (Å²) in [5, 5.41) is 2.28. The van der Waals surface area contributed by atoms with Crippen LogP contribution in [-0.2, 0) is 5.41 Å². The second-order valence-corrected chi connectivity index (χ2v) is 20.0. The molecule has 5 heteroatoms. The van der Waals surface area contributed by atoms with E-state index in [0.29, 0.717) is 0 Å². The highest BCUT2D eigenvalue weighted by atomic mass is 16.5. The van der Waals surface area contributed by atoms with E-state index in [1.54, 1.807) is 0 Å². The Morgan fingerprint density at radius 2 is 1.10 bits per heavy atom. The molecule has 9 aromatic carbocycles. The van der Waals surface area contributed by atoms with Crippen LogP contribution in [0.4, 0.5) is 0 Å². The highest BCUT2D eigenvalue weighted by molar-refractivity contribution is 6.10. The van der Waals surface area contributed by atoms with E-state index in [2.05, 4.69) is 279 Å². The third kappa shape index (κ3) is 8.13. The lowest BCUT2D eigenvalue weighted by Crippen LogP contribution is -2.31. The standard InChI is InChI=1S/C67H54N4O/c1-45(2)58-42-65(68-43-60(58)49-31-34-51(35-32-49)67(3,4)5)71-61-38-33-50(46-19-9-6-10-20-46)39-59(61)57-37-36-54(41-64(57)71)72-53-26-17-25-52(40-53)69-44-70(63-30-16-15-29-62(63)69)66-55(47-21-11-7-12-22-47)27-18-28-56(66)48-23-13-8-14-24-48/h6-43,45H,1-5H3. The van der Waals surface area contributed by atoms with Gasteiger partial charge < -0.3 is 4.74 Å². The van der Waals surface area contributed by atoms with Gasteiger partial charge in [-0.2, -0.15) is 0 Å². The van der Waals surface area contributed by atoms with Crippen molar-refractivity contribution in [3.05, 3.63) is 248 Å². The molecule has 0 radical (unpaired) electrons. The molecule has 0 atom stereocenters. The van der Waals surface area contributed by atoms with Crippen molar-refractivity contribution in [1.29, 1.82) is 0 Å². The summed E-state index contributed by atoms with van der Waals surface area (Å²) in [6.07, 6.45) is 5.88. The van der Waals surface area contributed by atoms with Crippen molar-refractivity contribution in [2.45, 2.75) is 46.0 Å². The minimum absolute atomic E-state index is 0.0765. The Balaban J connectivity index is 0.966. The quantitative estimate of drug-likeness (QED) is 0.101. The number of benzene rings is 9. The van der Waals surface area contributed by atoms with Crippen LogP contribution in [0.15, 0.2) is 231 Å². The predicted molar refractivity (Wildman–Crippen MR) is 297 cm³/mol. The van der Waals surface area contributed by atoms with Crippen LogP contribution in [0.1, 0.15) is 51.7 Å². The Bertz CT molecular complexity index is 3880. The molecule has 12 rings (SSSR count). The van der Waals surface area contributed by atoms with Crippen molar-refractivity contribution < 1.29 is 9.30 Å². The SMILES string of the molecule is CC(C)c1cc(-n2c3ccc(-c4ccccc4)cc3c3ccc(Oc4cccc(-n5[c-][n+](-c6c(-c7ccccc7)cccc6-c6ccccc6)c6ccccc65)c4)cc32)ncc1-c1ccc(C(C)(C)C)cc1. The molecule has 0 saturated heterocycles. The van der Waals surface area contributed by atoms with Crippen molar-refractivity contribution in [3.8, 4) is 73.2 Å². The van der Waals surface area contributed by atoms with Crippen molar-refractivity contribution in [2.75, 3.05) is 0 Å². The minimum atomic E-state index is 0.0765. The summed E-state index contributed by atoms with van der Waals surface area (Å²) in [7, 11) is 0. The number of ether oxygens (including phenoxy) is 1. The maximum atomic E-state index is 6.89. The summed E-state index contributed by atoms with van der Waals surface area (Å²) in [5.74, 6) is 2.58. The maximum Gasteiger partial charge on any atom is 0.269 e. The van der Waals surface area contributed by atoms with Crippen LogP contribution in [0.25, 0.3) is 94.5 Å². The van der Waals surface area contributed by atoms with Crippen LogP contribution in [0.3, 0.4) is 0 Å². The molecule has 0 fully saturated rings. The van der Waals surface area contributed by atoms with Gasteiger partial charge >= 0.3 is 0 Å². The number of fused-ring (bicyclic) bond motifs is 4. The summed E-state index contributed by atoms with van der Waals surface area (Å²) >= 11 is 0. The number of para-hydroxylation sites is 3. The van der Waals surface area contributed by atoms with Gasteiger partial charge in [0, 0.05) is 28.6 Å². The van der Waals surface area contributed by atoms with Gasteiger partial charge in [-0.05, 0) is 110 Å². The summed E-state index contributed by atoms with van der Waals surface area (Å²) in [5.41, 5.74) is 18.0. The molecule has 348 valence electrons. The van der Waals surface area contributed by atoms with Gasteiger partial charge in [0.25, 0.3) is 6.33 Å². The molecule has 3 heterocycles. The van der Waals surface area contributed by atoms with Crippen molar-refractivity contribution >= 4 is 32.8 Å². The molecule has 0 aliphatic carbocycles. The number of hydrogen-bond donors (Lipinski definition) is 0. The van der Waals surface area contributed by atoms with Gasteiger partial charge in [-0.3, -0.25) is 13.7 Å². The normalized spacial score (nSPS) is 11.8. The molecular formula is C67H54N4O. The molecule has 0 unspecified atom stereocenters. The van der Waals surface area contributed by atoms with E-state index in [9.17, 15) is 0 Å². The highest BCUT2D eigenvalue weighted by Gasteiger charge is 2.22. The van der Waals surface area contributed by atoms with Gasteiger partial charge in [-0.1, -0.05) is 204 Å². The summed E-state index contributed by atoms with van der Waals surface area (Å²) in [6, 6.07) is 79.7. The molecule has 72 heavy (non-hydrogen) atoms. The summed E-state index contributed by atoms with van der Waals surface area (Å²) in [6.45, 7) is 11.3. The van der Waals surface area contributed by atoms with Gasteiger partial charge in [-0.15, -0.1) is 0 Å². The number of nitrogens with zero attached hydrogens (tertiary/aromatic N) is 4. The zero-order valence-electron chi connectivity index (χ0n) is 41.2. The van der Waals surface area contributed by atoms with E-state index in [4.69, 9.17) is 9.72 Å². The highest BCUT2D eigenvalue weighted by Crippen LogP contribution is 2.40. The van der Waals surface area contributed by atoms with Crippen LogP contribution < -0.4 is 9.30 Å². The van der Waals surface area contributed by atoms with Crippen LogP contribution in [0, 0.1) is 6.33 Å². The fourth-order valence-electron chi connectivity index (χ4n) is 10.3. The van der Waals surface area contributed by atoms with Crippen LogP contribution in [0.5, 0.6) is 11.5 Å². The molecule has 12 aromatic rings.